The maximum absolute atomic E-state index is 14.2. The third kappa shape index (κ3) is 7.93. The molecule has 2 spiro atoms. The highest BCUT2D eigenvalue weighted by molar-refractivity contribution is 5.93. The Morgan fingerprint density at radius 1 is 1.04 bits per heavy atom. The average Bonchev–Trinajstić information content (AvgIpc) is 3.66. The monoisotopic (exact) mass is 804 g/mol. The van der Waals surface area contributed by atoms with Gasteiger partial charge in [-0.05, 0) is 74.6 Å². The third-order valence-corrected chi connectivity index (χ3v) is 13.5. The summed E-state index contributed by atoms with van der Waals surface area (Å²) in [4.78, 5) is 38.9. The van der Waals surface area contributed by atoms with Gasteiger partial charge in [-0.1, -0.05) is 60.6 Å². The van der Waals surface area contributed by atoms with E-state index in [4.69, 9.17) is 28.4 Å². The zero-order chi connectivity index (χ0) is 42.5. The number of aryl methyl sites for hydroxylation is 1. The SMILES string of the molecule is CCOC(=O)[C@H]1O[C@@H]([C@]2(C)O[C@]3(O[C@]4(C=C[C@H]3O)O[C@H]([C@@H](C)C(=O)[C@@H](C)[C@@H](O)[C@H](C)C[C@H](C)c3ccc(C)c(O)c3C(=O)O)[C@@H](C)C[C@H]4C)[C@H](C)[C@H]2OC)C[C@H]1O. The molecule has 0 unspecified atom stereocenters. The summed E-state index contributed by atoms with van der Waals surface area (Å²) >= 11 is 0. The molecule has 57 heavy (non-hydrogen) atoms. The van der Waals surface area contributed by atoms with Gasteiger partial charge in [-0.2, -0.15) is 0 Å². The zero-order valence-electron chi connectivity index (χ0n) is 35.1. The Morgan fingerprint density at radius 3 is 2.32 bits per heavy atom. The van der Waals surface area contributed by atoms with Crippen LogP contribution in [0.4, 0.5) is 0 Å². The number of Topliss-reactive ketones (excluding diaryl/α,β-unsaturated/α-hetero) is 1. The number of carbonyl (C=O) groups is 3. The second-order valence-corrected chi connectivity index (χ2v) is 17.5. The van der Waals surface area contributed by atoms with Gasteiger partial charge >= 0.3 is 11.9 Å². The fourth-order valence-corrected chi connectivity index (χ4v) is 10.1. The number of esters is 1. The van der Waals surface area contributed by atoms with E-state index in [1.54, 1.807) is 58.9 Å². The number of hydrogen-bond donors (Lipinski definition) is 5. The van der Waals surface area contributed by atoms with Gasteiger partial charge in [0.25, 0.3) is 0 Å². The van der Waals surface area contributed by atoms with E-state index in [2.05, 4.69) is 0 Å². The number of ether oxygens (including phenoxy) is 6. The van der Waals surface area contributed by atoms with Crippen LogP contribution in [0.15, 0.2) is 24.3 Å². The molecule has 320 valence electrons. The topological polar surface area (TPSA) is 208 Å². The van der Waals surface area contributed by atoms with E-state index in [1.165, 1.54) is 7.11 Å². The minimum absolute atomic E-state index is 0.0479. The van der Waals surface area contributed by atoms with Gasteiger partial charge in [0.1, 0.15) is 28.8 Å². The Kier molecular flexibility index (Phi) is 13.4. The number of methoxy groups -OCH3 is 1. The largest absolute Gasteiger partial charge is 0.507 e. The van der Waals surface area contributed by atoms with Crippen molar-refractivity contribution in [1.29, 1.82) is 0 Å². The highest BCUT2D eigenvalue weighted by atomic mass is 16.8. The molecule has 0 aromatic heterocycles. The van der Waals surface area contributed by atoms with Gasteiger partial charge in [-0.15, -0.1) is 0 Å². The number of benzene rings is 1. The first-order chi connectivity index (χ1) is 26.6. The highest BCUT2D eigenvalue weighted by Gasteiger charge is 2.70. The summed E-state index contributed by atoms with van der Waals surface area (Å²) < 4.78 is 37.8. The van der Waals surface area contributed by atoms with Crippen molar-refractivity contribution < 1.29 is 68.3 Å². The van der Waals surface area contributed by atoms with Crippen molar-refractivity contribution in [1.82, 2.24) is 0 Å². The number of ketones is 1. The van der Waals surface area contributed by atoms with Crippen LogP contribution in [-0.2, 0) is 38.0 Å². The van der Waals surface area contributed by atoms with E-state index in [9.17, 15) is 39.9 Å². The summed E-state index contributed by atoms with van der Waals surface area (Å²) in [6.07, 6.45) is -2.62. The summed E-state index contributed by atoms with van der Waals surface area (Å²) in [5.41, 5.74) is -0.550. The molecule has 17 atom stereocenters. The van der Waals surface area contributed by atoms with Crippen LogP contribution in [0.1, 0.15) is 109 Å². The molecule has 14 nitrogen and oxygen atoms in total. The molecule has 3 fully saturated rings. The van der Waals surface area contributed by atoms with Gasteiger partial charge in [0.2, 0.25) is 5.79 Å². The predicted molar refractivity (Wildman–Crippen MR) is 206 cm³/mol. The summed E-state index contributed by atoms with van der Waals surface area (Å²) in [5, 5.41) is 54.3. The van der Waals surface area contributed by atoms with Gasteiger partial charge in [0, 0.05) is 37.2 Å². The first kappa shape index (κ1) is 45.1. The fraction of sp³-hybridized carbons (Fsp3) is 0.744. The molecule has 4 heterocycles. The lowest BCUT2D eigenvalue weighted by Crippen LogP contribution is -2.64. The van der Waals surface area contributed by atoms with Crippen LogP contribution in [0.3, 0.4) is 0 Å². The molecule has 0 amide bonds. The summed E-state index contributed by atoms with van der Waals surface area (Å²) in [6.45, 7) is 18.1. The van der Waals surface area contributed by atoms with Crippen molar-refractivity contribution in [3.05, 3.63) is 41.0 Å². The maximum atomic E-state index is 14.2. The Hall–Kier alpha value is -2.95. The van der Waals surface area contributed by atoms with Crippen LogP contribution in [0.5, 0.6) is 5.75 Å². The van der Waals surface area contributed by atoms with Crippen LogP contribution < -0.4 is 0 Å². The number of aliphatic hydroxyl groups excluding tert-OH is 3. The lowest BCUT2D eigenvalue weighted by atomic mass is 9.74. The minimum Gasteiger partial charge on any atom is -0.507 e. The number of aliphatic hydroxyl groups is 3. The Balaban J connectivity index is 1.34. The number of carboxylic acid groups (broad SMARTS) is 1. The van der Waals surface area contributed by atoms with E-state index >= 15 is 0 Å². The lowest BCUT2D eigenvalue weighted by Gasteiger charge is -2.54. The standard InChI is InChI=1S/C43H64O14/c1-12-53-40(51)37-29(44)19-31(54-37)41(10)38(52-11)27(9)43(56-41)30(45)15-16-42(57-43)24(6)18-23(5)36(55-42)26(8)35(48)25(7)33(46)22(4)17-21(3)28-14-13-20(2)34(47)32(28)39(49)50/h13-16,21-27,29-31,33,36-38,44-47H,12,17-19H2,1-11H3,(H,49,50)/t21-,22+,23-,24+,25-,26-,27+,29+,30+,31+,33-,36-,37-,38+,41-,42-,43-/m0/s1. The van der Waals surface area contributed by atoms with Crippen molar-refractivity contribution in [2.24, 2.45) is 35.5 Å². The van der Waals surface area contributed by atoms with Crippen LogP contribution in [0.25, 0.3) is 0 Å². The molecule has 5 rings (SSSR count). The number of aromatic carboxylic acids is 1. The van der Waals surface area contributed by atoms with Gasteiger partial charge in [0.05, 0.1) is 37.1 Å². The molecule has 5 N–H and O–H groups in total. The first-order valence-electron chi connectivity index (χ1n) is 20.4. The van der Waals surface area contributed by atoms with E-state index in [1.807, 2.05) is 34.6 Å². The maximum Gasteiger partial charge on any atom is 0.339 e. The van der Waals surface area contributed by atoms with Crippen molar-refractivity contribution >= 4 is 17.7 Å². The number of phenols is 1. The second kappa shape index (κ2) is 17.0. The molecule has 1 aromatic rings. The number of carboxylic acids is 1. The second-order valence-electron chi connectivity index (χ2n) is 17.5. The van der Waals surface area contributed by atoms with E-state index < -0.39 is 95.5 Å². The Bertz CT molecular complexity index is 1680. The van der Waals surface area contributed by atoms with Gasteiger partial charge in [-0.3, -0.25) is 4.79 Å². The quantitative estimate of drug-likeness (QED) is 0.136. The number of hydrogen-bond acceptors (Lipinski definition) is 13. The van der Waals surface area contributed by atoms with Gasteiger partial charge in [0.15, 0.2) is 11.9 Å². The first-order valence-corrected chi connectivity index (χ1v) is 20.4. The van der Waals surface area contributed by atoms with Crippen molar-refractivity contribution in [2.45, 2.75) is 154 Å². The molecular weight excluding hydrogens is 740 g/mol. The molecule has 14 heteroatoms. The Morgan fingerprint density at radius 2 is 1.70 bits per heavy atom. The molecule has 0 bridgehead atoms. The average molecular weight is 805 g/mol. The zero-order valence-corrected chi connectivity index (χ0v) is 35.1. The van der Waals surface area contributed by atoms with E-state index in [-0.39, 0.29) is 47.9 Å². The summed E-state index contributed by atoms with van der Waals surface area (Å²) in [6, 6.07) is 3.35. The van der Waals surface area contributed by atoms with E-state index in [0.717, 1.165) is 0 Å². The van der Waals surface area contributed by atoms with Gasteiger partial charge in [-0.25, -0.2) is 9.59 Å². The third-order valence-electron chi connectivity index (χ3n) is 13.5. The molecule has 0 radical (unpaired) electrons. The Labute approximate surface area is 335 Å². The number of rotatable bonds is 13. The molecule has 0 saturated carbocycles. The smallest absolute Gasteiger partial charge is 0.339 e. The highest BCUT2D eigenvalue weighted by Crippen LogP contribution is 2.56. The van der Waals surface area contributed by atoms with Gasteiger partial charge < -0.3 is 54.0 Å². The molecule has 3 saturated heterocycles. The number of carbonyl (C=O) groups excluding carboxylic acids is 2. The van der Waals surface area contributed by atoms with Crippen LogP contribution in [0.2, 0.25) is 0 Å². The van der Waals surface area contributed by atoms with Crippen molar-refractivity contribution in [3.63, 3.8) is 0 Å². The van der Waals surface area contributed by atoms with Crippen LogP contribution >= 0.6 is 0 Å². The van der Waals surface area contributed by atoms with Crippen molar-refractivity contribution in [2.75, 3.05) is 13.7 Å². The van der Waals surface area contributed by atoms with E-state index in [0.29, 0.717) is 24.0 Å². The number of aromatic hydroxyl groups is 1. The molecule has 4 aliphatic rings. The van der Waals surface area contributed by atoms with Crippen LogP contribution in [-0.4, -0.2) is 117 Å². The molecule has 4 aliphatic heterocycles. The normalized spacial score (nSPS) is 39.2. The van der Waals surface area contributed by atoms with Crippen molar-refractivity contribution in [3.8, 4) is 5.75 Å². The molecular formula is C43H64O14. The molecule has 0 aliphatic carbocycles. The summed E-state index contributed by atoms with van der Waals surface area (Å²) in [7, 11) is 1.51. The molecule has 1 aromatic carbocycles. The minimum atomic E-state index is -1.71. The van der Waals surface area contributed by atoms with Crippen LogP contribution in [0, 0.1) is 42.4 Å². The summed E-state index contributed by atoms with van der Waals surface area (Å²) in [5.74, 6) is -8.73. The lowest BCUT2D eigenvalue weighted by molar-refractivity contribution is -0.414. The predicted octanol–water partition coefficient (Wildman–Crippen LogP) is 4.65. The fourth-order valence-electron chi connectivity index (χ4n) is 10.1.